The Hall–Kier alpha value is -0.210. The van der Waals surface area contributed by atoms with E-state index in [4.69, 9.17) is 5.73 Å². The molecule has 0 aliphatic heterocycles. The topological polar surface area (TPSA) is 50.4 Å². The van der Waals surface area contributed by atoms with Gasteiger partial charge in [-0.15, -0.1) is 41.9 Å². The first kappa shape index (κ1) is 17.8. The molecule has 0 bridgehead atoms. The number of nitrogens with two attached hydrogens (primary N) is 1. The molecule has 0 spiro atoms. The van der Waals surface area contributed by atoms with E-state index in [0.29, 0.717) is 5.96 Å². The normalized spacial score (nSPS) is 10.8. The summed E-state index contributed by atoms with van der Waals surface area (Å²) in [6.45, 7) is 5.27. The number of nitrogens with zero attached hydrogens (tertiary/aromatic N) is 1. The molecule has 0 saturated heterocycles. The van der Waals surface area contributed by atoms with Gasteiger partial charge in [0.2, 0.25) is 0 Å². The monoisotopic (exact) mass is 397 g/mol. The molecule has 3 nitrogen and oxygen atoms in total. The number of aliphatic imine (C=N–C) groups is 1. The highest BCUT2D eigenvalue weighted by Crippen LogP contribution is 2.07. The molecule has 0 radical (unpaired) electrons. The van der Waals surface area contributed by atoms with E-state index >= 15 is 0 Å². The van der Waals surface area contributed by atoms with E-state index in [9.17, 15) is 0 Å². The van der Waals surface area contributed by atoms with Gasteiger partial charge in [0.15, 0.2) is 5.96 Å². The summed E-state index contributed by atoms with van der Waals surface area (Å²) < 4.78 is 0. The average molecular weight is 397 g/mol. The van der Waals surface area contributed by atoms with E-state index < -0.39 is 0 Å². The molecular weight excluding hydrogens is 377 g/mol. The van der Waals surface area contributed by atoms with Gasteiger partial charge in [0.05, 0.1) is 6.54 Å². The average Bonchev–Trinajstić information content (AvgIpc) is 2.82. The van der Waals surface area contributed by atoms with Crippen LogP contribution in [0.25, 0.3) is 0 Å². The fourth-order valence-electron chi connectivity index (χ4n) is 1.22. The van der Waals surface area contributed by atoms with Gasteiger partial charge in [-0.2, -0.15) is 11.8 Å². The van der Waals surface area contributed by atoms with E-state index in [1.54, 1.807) is 11.3 Å². The summed E-state index contributed by atoms with van der Waals surface area (Å²) >= 11 is 3.58. The van der Waals surface area contributed by atoms with Gasteiger partial charge in [-0.05, 0) is 17.9 Å². The molecule has 3 N–H and O–H groups in total. The molecule has 6 heteroatoms. The predicted molar refractivity (Wildman–Crippen MR) is 95.5 cm³/mol. The molecule has 102 valence electrons. The molecule has 1 aromatic heterocycles. The van der Waals surface area contributed by atoms with Gasteiger partial charge in [0.25, 0.3) is 0 Å². The highest BCUT2D eigenvalue weighted by Gasteiger charge is 1.94. The molecule has 0 amide bonds. The molecule has 1 rings (SSSR count). The SMILES string of the molecule is C=CCSCCN=C(N)NCCc1cccs1.I. The Labute approximate surface area is 134 Å². The van der Waals surface area contributed by atoms with Gasteiger partial charge < -0.3 is 11.1 Å². The Morgan fingerprint density at radius 3 is 3.11 bits per heavy atom. The summed E-state index contributed by atoms with van der Waals surface area (Å²) in [5.41, 5.74) is 5.74. The summed E-state index contributed by atoms with van der Waals surface area (Å²) in [7, 11) is 0. The smallest absolute Gasteiger partial charge is 0.188 e. The lowest BCUT2D eigenvalue weighted by Crippen LogP contribution is -2.33. The summed E-state index contributed by atoms with van der Waals surface area (Å²) in [6, 6.07) is 4.19. The lowest BCUT2D eigenvalue weighted by atomic mass is 10.3. The first-order valence-electron chi connectivity index (χ1n) is 5.57. The van der Waals surface area contributed by atoms with Crippen LogP contribution in [0.3, 0.4) is 0 Å². The number of thioether (sulfide) groups is 1. The van der Waals surface area contributed by atoms with Crippen molar-refractivity contribution < 1.29 is 0 Å². The third-order valence-corrected chi connectivity index (χ3v) is 3.89. The van der Waals surface area contributed by atoms with Gasteiger partial charge in [-0.3, -0.25) is 4.99 Å². The van der Waals surface area contributed by atoms with E-state index in [2.05, 4.69) is 34.4 Å². The van der Waals surface area contributed by atoms with Crippen LogP contribution in [0.15, 0.2) is 35.2 Å². The lowest BCUT2D eigenvalue weighted by molar-refractivity contribution is 0.861. The fraction of sp³-hybridized carbons (Fsp3) is 0.417. The number of guanidine groups is 1. The fourth-order valence-corrected chi connectivity index (χ4v) is 2.48. The quantitative estimate of drug-likeness (QED) is 0.233. The number of halogens is 1. The second-order valence-corrected chi connectivity index (χ2v) is 5.57. The Bertz CT molecular complexity index is 339. The van der Waals surface area contributed by atoms with Crippen LogP contribution in [0.1, 0.15) is 4.88 Å². The predicted octanol–water partition coefficient (Wildman–Crippen LogP) is 2.73. The number of thiophene rings is 1. The second kappa shape index (κ2) is 11.9. The second-order valence-electron chi connectivity index (χ2n) is 3.39. The van der Waals surface area contributed by atoms with Crippen molar-refractivity contribution in [2.45, 2.75) is 6.42 Å². The van der Waals surface area contributed by atoms with E-state index in [1.165, 1.54) is 4.88 Å². The first-order chi connectivity index (χ1) is 8.33. The molecule has 0 aliphatic rings. The minimum Gasteiger partial charge on any atom is -0.370 e. The van der Waals surface area contributed by atoms with Crippen molar-refractivity contribution in [1.29, 1.82) is 0 Å². The molecule has 0 fully saturated rings. The van der Waals surface area contributed by atoms with Crippen molar-refractivity contribution in [2.24, 2.45) is 10.7 Å². The van der Waals surface area contributed by atoms with Gasteiger partial charge in [-0.25, -0.2) is 0 Å². The number of hydrogen-bond acceptors (Lipinski definition) is 3. The van der Waals surface area contributed by atoms with Crippen molar-refractivity contribution in [3.63, 3.8) is 0 Å². The molecule has 0 unspecified atom stereocenters. The van der Waals surface area contributed by atoms with E-state index in [1.807, 2.05) is 17.8 Å². The van der Waals surface area contributed by atoms with Crippen LogP contribution in [0, 0.1) is 0 Å². The summed E-state index contributed by atoms with van der Waals surface area (Å²) in [5, 5.41) is 5.20. The Morgan fingerprint density at radius 2 is 2.44 bits per heavy atom. The summed E-state index contributed by atoms with van der Waals surface area (Å²) in [5.74, 6) is 2.50. The third-order valence-electron chi connectivity index (χ3n) is 2.01. The highest BCUT2D eigenvalue weighted by molar-refractivity contribution is 14.0. The number of nitrogens with one attached hydrogen (secondary N) is 1. The maximum atomic E-state index is 5.74. The van der Waals surface area contributed by atoms with Crippen LogP contribution in [-0.2, 0) is 6.42 Å². The zero-order valence-corrected chi connectivity index (χ0v) is 14.3. The van der Waals surface area contributed by atoms with Crippen LogP contribution in [0.5, 0.6) is 0 Å². The highest BCUT2D eigenvalue weighted by atomic mass is 127. The van der Waals surface area contributed by atoms with Crippen molar-refractivity contribution in [1.82, 2.24) is 5.32 Å². The van der Waals surface area contributed by atoms with Crippen LogP contribution >= 0.6 is 47.1 Å². The van der Waals surface area contributed by atoms with Gasteiger partial charge in [0.1, 0.15) is 0 Å². The molecule has 0 saturated carbocycles. The molecular formula is C12H20IN3S2. The van der Waals surface area contributed by atoms with E-state index in [0.717, 1.165) is 31.0 Å². The van der Waals surface area contributed by atoms with Crippen LogP contribution in [0.4, 0.5) is 0 Å². The van der Waals surface area contributed by atoms with Gasteiger partial charge in [0, 0.05) is 22.9 Å². The molecule has 1 heterocycles. The number of rotatable bonds is 8. The Morgan fingerprint density at radius 1 is 1.61 bits per heavy atom. The van der Waals surface area contributed by atoms with Crippen LogP contribution < -0.4 is 11.1 Å². The van der Waals surface area contributed by atoms with Crippen molar-refractivity contribution in [3.8, 4) is 0 Å². The van der Waals surface area contributed by atoms with Crippen molar-refractivity contribution in [3.05, 3.63) is 35.0 Å². The van der Waals surface area contributed by atoms with Crippen molar-refractivity contribution in [2.75, 3.05) is 24.6 Å². The van der Waals surface area contributed by atoms with Gasteiger partial charge in [-0.1, -0.05) is 12.1 Å². The van der Waals surface area contributed by atoms with E-state index in [-0.39, 0.29) is 24.0 Å². The molecule has 0 aromatic carbocycles. The molecule has 0 atom stereocenters. The Balaban J connectivity index is 0.00000289. The summed E-state index contributed by atoms with van der Waals surface area (Å²) in [6.07, 6.45) is 2.90. The maximum absolute atomic E-state index is 5.74. The largest absolute Gasteiger partial charge is 0.370 e. The lowest BCUT2D eigenvalue weighted by Gasteiger charge is -2.04. The molecule has 0 aliphatic carbocycles. The molecule has 18 heavy (non-hydrogen) atoms. The molecule has 1 aromatic rings. The standard InChI is InChI=1S/C12H19N3S2.HI/c1-2-8-16-10-7-15-12(13)14-6-5-11-4-3-9-17-11;/h2-4,9H,1,5-8,10H2,(H3,13,14,15);1H. The van der Waals surface area contributed by atoms with Crippen LogP contribution in [-0.4, -0.2) is 30.6 Å². The zero-order chi connectivity index (χ0) is 12.3. The van der Waals surface area contributed by atoms with Crippen molar-refractivity contribution >= 4 is 53.0 Å². The van der Waals surface area contributed by atoms with Crippen LogP contribution in [0.2, 0.25) is 0 Å². The zero-order valence-electron chi connectivity index (χ0n) is 10.3. The Kier molecular flexibility index (Phi) is 11.7. The minimum absolute atomic E-state index is 0. The third kappa shape index (κ3) is 8.82. The first-order valence-corrected chi connectivity index (χ1v) is 7.61. The minimum atomic E-state index is 0. The summed E-state index contributed by atoms with van der Waals surface area (Å²) in [4.78, 5) is 5.61. The maximum Gasteiger partial charge on any atom is 0.188 e. The number of hydrogen-bond donors (Lipinski definition) is 2. The van der Waals surface area contributed by atoms with Gasteiger partial charge >= 0.3 is 0 Å².